The van der Waals surface area contributed by atoms with Gasteiger partial charge in [0.2, 0.25) is 0 Å². The fourth-order valence-electron chi connectivity index (χ4n) is 2.41. The molecule has 0 spiro atoms. The average molecular weight is 361 g/mol. The van der Waals surface area contributed by atoms with Gasteiger partial charge in [0, 0.05) is 23.8 Å². The van der Waals surface area contributed by atoms with E-state index in [1.165, 1.54) is 25.9 Å². The van der Waals surface area contributed by atoms with E-state index in [1.54, 1.807) is 12.3 Å². The summed E-state index contributed by atoms with van der Waals surface area (Å²) in [5.74, 6) is 0.257. The quantitative estimate of drug-likeness (QED) is 0.821. The Morgan fingerprint density at radius 2 is 2.25 bits per heavy atom. The molecule has 0 aliphatic carbocycles. The molecule has 0 saturated carbocycles. The van der Waals surface area contributed by atoms with E-state index < -0.39 is 0 Å². The van der Waals surface area contributed by atoms with Crippen LogP contribution in [0.2, 0.25) is 5.15 Å². The Labute approximate surface area is 133 Å². The van der Waals surface area contributed by atoms with E-state index in [4.69, 9.17) is 11.6 Å². The van der Waals surface area contributed by atoms with Gasteiger partial charge >= 0.3 is 0 Å². The molecule has 0 bridgehead atoms. The maximum atomic E-state index is 12.1. The lowest BCUT2D eigenvalue weighted by molar-refractivity contribution is 0.0945. The SMILES string of the molecule is CC(CNC(=O)c1cc(Br)cnc1Cl)CN1CCCC1. The zero-order valence-corrected chi connectivity index (χ0v) is 13.9. The summed E-state index contributed by atoms with van der Waals surface area (Å²) < 4.78 is 0.747. The highest BCUT2D eigenvalue weighted by atomic mass is 79.9. The first kappa shape index (κ1) is 15.7. The molecule has 1 N–H and O–H groups in total. The largest absolute Gasteiger partial charge is 0.352 e. The Kier molecular flexibility index (Phi) is 5.81. The summed E-state index contributed by atoms with van der Waals surface area (Å²) in [6, 6.07) is 1.69. The van der Waals surface area contributed by atoms with Crippen LogP contribution in [-0.4, -0.2) is 42.0 Å². The highest BCUT2D eigenvalue weighted by Gasteiger charge is 2.16. The van der Waals surface area contributed by atoms with Crippen LogP contribution in [0.4, 0.5) is 0 Å². The monoisotopic (exact) mass is 359 g/mol. The van der Waals surface area contributed by atoms with Gasteiger partial charge in [0.05, 0.1) is 5.56 Å². The maximum absolute atomic E-state index is 12.1. The smallest absolute Gasteiger partial charge is 0.254 e. The minimum atomic E-state index is -0.169. The Balaban J connectivity index is 1.83. The van der Waals surface area contributed by atoms with Crippen molar-refractivity contribution in [1.82, 2.24) is 15.2 Å². The summed E-state index contributed by atoms with van der Waals surface area (Å²) in [6.45, 7) is 6.20. The number of rotatable bonds is 5. The number of pyridine rings is 1. The molecular formula is C14H19BrClN3O. The van der Waals surface area contributed by atoms with Gasteiger partial charge in [-0.1, -0.05) is 18.5 Å². The predicted molar refractivity (Wildman–Crippen MR) is 84.1 cm³/mol. The fourth-order valence-corrected chi connectivity index (χ4v) is 2.93. The van der Waals surface area contributed by atoms with Gasteiger partial charge in [-0.25, -0.2) is 4.98 Å². The highest BCUT2D eigenvalue weighted by molar-refractivity contribution is 9.10. The second kappa shape index (κ2) is 7.38. The van der Waals surface area contributed by atoms with Gasteiger partial charge < -0.3 is 10.2 Å². The number of carbonyl (C=O) groups excluding carboxylic acids is 1. The van der Waals surface area contributed by atoms with E-state index in [9.17, 15) is 4.79 Å². The molecule has 1 amide bonds. The topological polar surface area (TPSA) is 45.2 Å². The maximum Gasteiger partial charge on any atom is 0.254 e. The Bertz CT molecular complexity index is 477. The van der Waals surface area contributed by atoms with Gasteiger partial charge in [-0.2, -0.15) is 0 Å². The summed E-state index contributed by atoms with van der Waals surface area (Å²) >= 11 is 9.24. The van der Waals surface area contributed by atoms with E-state index >= 15 is 0 Å². The molecule has 1 aliphatic rings. The molecule has 1 fully saturated rings. The fraction of sp³-hybridized carbons (Fsp3) is 0.571. The molecule has 6 heteroatoms. The predicted octanol–water partition coefficient (Wildman–Crippen LogP) is 2.96. The Hall–Kier alpha value is -0.650. The third-order valence-electron chi connectivity index (χ3n) is 3.43. The zero-order chi connectivity index (χ0) is 14.5. The van der Waals surface area contributed by atoms with Gasteiger partial charge in [0.25, 0.3) is 5.91 Å². The lowest BCUT2D eigenvalue weighted by Crippen LogP contribution is -2.34. The van der Waals surface area contributed by atoms with Gasteiger partial charge in [-0.05, 0) is 53.8 Å². The average Bonchev–Trinajstić information content (AvgIpc) is 2.91. The van der Waals surface area contributed by atoms with Crippen molar-refractivity contribution < 1.29 is 4.79 Å². The molecule has 2 heterocycles. The van der Waals surface area contributed by atoms with Crippen LogP contribution in [-0.2, 0) is 0 Å². The molecule has 1 aromatic rings. The molecule has 2 rings (SSSR count). The van der Waals surface area contributed by atoms with Crippen LogP contribution in [0, 0.1) is 5.92 Å². The number of amides is 1. The van der Waals surface area contributed by atoms with Crippen molar-refractivity contribution in [1.29, 1.82) is 0 Å². The van der Waals surface area contributed by atoms with E-state index in [-0.39, 0.29) is 11.1 Å². The Morgan fingerprint density at radius 3 is 2.95 bits per heavy atom. The minimum absolute atomic E-state index is 0.169. The molecule has 0 radical (unpaired) electrons. The molecule has 1 aromatic heterocycles. The van der Waals surface area contributed by atoms with Crippen LogP contribution in [0.3, 0.4) is 0 Å². The summed E-state index contributed by atoms with van der Waals surface area (Å²) in [6.07, 6.45) is 4.16. The molecule has 0 aromatic carbocycles. The van der Waals surface area contributed by atoms with Crippen LogP contribution >= 0.6 is 27.5 Å². The molecular weight excluding hydrogens is 342 g/mol. The van der Waals surface area contributed by atoms with Crippen LogP contribution in [0.5, 0.6) is 0 Å². The molecule has 1 unspecified atom stereocenters. The van der Waals surface area contributed by atoms with Gasteiger partial charge in [-0.15, -0.1) is 0 Å². The zero-order valence-electron chi connectivity index (χ0n) is 11.5. The van der Waals surface area contributed by atoms with Crippen LogP contribution in [0.15, 0.2) is 16.7 Å². The minimum Gasteiger partial charge on any atom is -0.352 e. The van der Waals surface area contributed by atoms with E-state index in [1.807, 2.05) is 0 Å². The number of likely N-dealkylation sites (tertiary alicyclic amines) is 1. The normalized spacial score (nSPS) is 17.1. The van der Waals surface area contributed by atoms with Crippen LogP contribution in [0.1, 0.15) is 30.1 Å². The molecule has 4 nitrogen and oxygen atoms in total. The third-order valence-corrected chi connectivity index (χ3v) is 4.16. The molecule has 1 saturated heterocycles. The number of nitrogens with zero attached hydrogens (tertiary/aromatic N) is 2. The highest BCUT2D eigenvalue weighted by Crippen LogP contribution is 2.18. The summed E-state index contributed by atoms with van der Waals surface area (Å²) in [5.41, 5.74) is 0.411. The van der Waals surface area contributed by atoms with Crippen LogP contribution in [0.25, 0.3) is 0 Å². The van der Waals surface area contributed by atoms with E-state index in [0.717, 1.165) is 11.0 Å². The van der Waals surface area contributed by atoms with E-state index in [0.29, 0.717) is 18.0 Å². The molecule has 1 aliphatic heterocycles. The van der Waals surface area contributed by atoms with Crippen LogP contribution < -0.4 is 5.32 Å². The van der Waals surface area contributed by atoms with Crippen molar-refractivity contribution in [3.8, 4) is 0 Å². The standard InChI is InChI=1S/C14H19BrClN3O/c1-10(9-19-4-2-3-5-19)7-18-14(20)12-6-11(15)8-17-13(12)16/h6,8,10H,2-5,7,9H2,1H3,(H,18,20). The summed E-state index contributed by atoms with van der Waals surface area (Å²) in [4.78, 5) is 18.5. The van der Waals surface area contributed by atoms with Gasteiger partial charge in [-0.3, -0.25) is 4.79 Å². The number of hydrogen-bond donors (Lipinski definition) is 1. The van der Waals surface area contributed by atoms with E-state index in [2.05, 4.69) is 38.1 Å². The van der Waals surface area contributed by atoms with Crippen molar-refractivity contribution >= 4 is 33.4 Å². The number of halogens is 2. The number of aromatic nitrogens is 1. The molecule has 1 atom stereocenters. The first-order valence-corrected chi connectivity index (χ1v) is 8.05. The number of nitrogens with one attached hydrogen (secondary N) is 1. The van der Waals surface area contributed by atoms with Crippen molar-refractivity contribution in [3.05, 3.63) is 27.5 Å². The number of carbonyl (C=O) groups is 1. The summed E-state index contributed by atoms with van der Waals surface area (Å²) in [5, 5.41) is 3.16. The second-order valence-electron chi connectivity index (χ2n) is 5.31. The summed E-state index contributed by atoms with van der Waals surface area (Å²) in [7, 11) is 0. The first-order chi connectivity index (χ1) is 9.56. The van der Waals surface area contributed by atoms with Gasteiger partial charge in [0.1, 0.15) is 5.15 Å². The molecule has 110 valence electrons. The van der Waals surface area contributed by atoms with Crippen molar-refractivity contribution in [3.63, 3.8) is 0 Å². The Morgan fingerprint density at radius 1 is 1.55 bits per heavy atom. The van der Waals surface area contributed by atoms with Crippen molar-refractivity contribution in [2.45, 2.75) is 19.8 Å². The van der Waals surface area contributed by atoms with Gasteiger partial charge in [0.15, 0.2) is 0 Å². The number of hydrogen-bond acceptors (Lipinski definition) is 3. The lowest BCUT2D eigenvalue weighted by Gasteiger charge is -2.20. The van der Waals surface area contributed by atoms with Crippen molar-refractivity contribution in [2.75, 3.05) is 26.2 Å². The van der Waals surface area contributed by atoms with Crippen molar-refractivity contribution in [2.24, 2.45) is 5.92 Å². The lowest BCUT2D eigenvalue weighted by atomic mass is 10.1. The second-order valence-corrected chi connectivity index (χ2v) is 6.59. The molecule has 20 heavy (non-hydrogen) atoms. The third kappa shape index (κ3) is 4.43. The first-order valence-electron chi connectivity index (χ1n) is 6.88.